The van der Waals surface area contributed by atoms with Crippen molar-refractivity contribution < 1.29 is 19.1 Å². The fourth-order valence-corrected chi connectivity index (χ4v) is 9.91. The van der Waals surface area contributed by atoms with Crippen LogP contribution < -0.4 is 0 Å². The molecule has 0 aliphatic rings. The predicted molar refractivity (Wildman–Crippen MR) is 172 cm³/mol. The van der Waals surface area contributed by atoms with Gasteiger partial charge in [0, 0.05) is 12.2 Å². The summed E-state index contributed by atoms with van der Waals surface area (Å²) in [7, 11) is -2.28. The Labute approximate surface area is 247 Å². The molecule has 4 nitrogen and oxygen atoms in total. The highest BCUT2D eigenvalue weighted by atomic mass is 28.4. The van der Waals surface area contributed by atoms with Crippen molar-refractivity contribution in [3.8, 4) is 0 Å². The van der Waals surface area contributed by atoms with Gasteiger partial charge in [0.15, 0.2) is 0 Å². The number of rotatable bonds is 27. The zero-order valence-electron chi connectivity index (χ0n) is 26.0. The molecule has 0 unspecified atom stereocenters. The Hall–Kier alpha value is -1.88. The first-order valence-corrected chi connectivity index (χ1v) is 19.2. The number of aliphatic carboxylic acids is 1. The van der Waals surface area contributed by atoms with E-state index in [2.05, 4.69) is 44.2 Å². The predicted octanol–water partition coefficient (Wildman–Crippen LogP) is 10.8. The van der Waals surface area contributed by atoms with E-state index in [1.54, 1.807) is 0 Å². The monoisotopic (exact) mass is 572 g/mol. The van der Waals surface area contributed by atoms with Crippen LogP contribution in [0.4, 0.5) is 0 Å². The Morgan fingerprint density at radius 3 is 1.50 bits per heavy atom. The Kier molecular flexibility index (Phi) is 22.5. The standard InChI is InChI=1S/C35H60O4Si/c1-3-5-7-9-15-22-30-40(31-23-16-10-8-6-4-2,39-35(38)29-28-34(36)37)32-24-17-13-11-12-14-19-25-33-26-20-18-21-27-33/h18,20-21,26-29H,3-17,19,22-25,30-32H2,1-2H3,(H,36,37)/b29-28-. The lowest BCUT2D eigenvalue weighted by Gasteiger charge is -2.31. The number of aryl methyl sites for hydroxylation is 1. The van der Waals surface area contributed by atoms with Gasteiger partial charge in [-0.05, 0) is 36.5 Å². The van der Waals surface area contributed by atoms with Crippen LogP contribution in [-0.2, 0) is 20.4 Å². The molecule has 40 heavy (non-hydrogen) atoms. The number of hydrogen-bond donors (Lipinski definition) is 1. The molecular formula is C35H60O4Si. The van der Waals surface area contributed by atoms with Gasteiger partial charge in [0.2, 0.25) is 0 Å². The normalized spacial score (nSPS) is 11.8. The van der Waals surface area contributed by atoms with Crippen molar-refractivity contribution in [3.63, 3.8) is 0 Å². The summed E-state index contributed by atoms with van der Waals surface area (Å²) in [6.45, 7) is 4.49. The van der Waals surface area contributed by atoms with Gasteiger partial charge in [0.05, 0.1) is 0 Å². The summed E-state index contributed by atoms with van der Waals surface area (Å²) in [5.41, 5.74) is 1.44. The molecule has 0 bridgehead atoms. The van der Waals surface area contributed by atoms with Crippen molar-refractivity contribution in [1.29, 1.82) is 0 Å². The van der Waals surface area contributed by atoms with Gasteiger partial charge in [-0.15, -0.1) is 0 Å². The largest absolute Gasteiger partial charge is 0.516 e. The summed E-state index contributed by atoms with van der Waals surface area (Å²) in [4.78, 5) is 23.7. The summed E-state index contributed by atoms with van der Waals surface area (Å²) >= 11 is 0. The topological polar surface area (TPSA) is 63.6 Å². The van der Waals surface area contributed by atoms with Crippen LogP contribution in [-0.4, -0.2) is 25.4 Å². The van der Waals surface area contributed by atoms with Gasteiger partial charge >= 0.3 is 11.9 Å². The third-order valence-corrected chi connectivity index (χ3v) is 12.5. The molecule has 0 amide bonds. The lowest BCUT2D eigenvalue weighted by molar-refractivity contribution is -0.133. The highest BCUT2D eigenvalue weighted by Gasteiger charge is 2.36. The Balaban J connectivity index is 2.60. The van der Waals surface area contributed by atoms with Crippen LogP contribution >= 0.6 is 0 Å². The van der Waals surface area contributed by atoms with Gasteiger partial charge in [-0.1, -0.05) is 160 Å². The summed E-state index contributed by atoms with van der Waals surface area (Å²) in [5, 5.41) is 9.00. The smallest absolute Gasteiger partial charge is 0.328 e. The first-order chi connectivity index (χ1) is 19.5. The zero-order valence-corrected chi connectivity index (χ0v) is 27.0. The maximum absolute atomic E-state index is 12.7. The fraction of sp³-hybridized carbons (Fsp3) is 0.714. The molecule has 0 spiro atoms. The van der Waals surface area contributed by atoms with E-state index in [1.165, 1.54) is 115 Å². The maximum Gasteiger partial charge on any atom is 0.328 e. The lowest BCUT2D eigenvalue weighted by Crippen LogP contribution is -2.40. The van der Waals surface area contributed by atoms with Crippen LogP contribution in [0.25, 0.3) is 0 Å². The average Bonchev–Trinajstić information content (AvgIpc) is 2.95. The summed E-state index contributed by atoms with van der Waals surface area (Å²) in [6.07, 6.45) is 26.7. The summed E-state index contributed by atoms with van der Waals surface area (Å²) in [6, 6.07) is 13.8. The van der Waals surface area contributed by atoms with Crippen LogP contribution in [0.3, 0.4) is 0 Å². The van der Waals surface area contributed by atoms with Gasteiger partial charge < -0.3 is 9.53 Å². The van der Waals surface area contributed by atoms with Gasteiger partial charge in [0.1, 0.15) is 0 Å². The van der Waals surface area contributed by atoms with Crippen molar-refractivity contribution in [2.24, 2.45) is 0 Å². The summed E-state index contributed by atoms with van der Waals surface area (Å²) in [5.74, 6) is -1.54. The van der Waals surface area contributed by atoms with Crippen LogP contribution in [0.15, 0.2) is 42.5 Å². The van der Waals surface area contributed by atoms with Crippen LogP contribution in [0.1, 0.15) is 141 Å². The first-order valence-electron chi connectivity index (χ1n) is 16.7. The molecule has 0 aromatic heterocycles. The van der Waals surface area contributed by atoms with E-state index >= 15 is 0 Å². The van der Waals surface area contributed by atoms with Crippen molar-refractivity contribution in [2.45, 2.75) is 160 Å². The number of hydrogen-bond acceptors (Lipinski definition) is 3. The number of unbranched alkanes of at least 4 members (excludes halogenated alkanes) is 16. The minimum atomic E-state index is -2.28. The molecule has 1 aromatic carbocycles. The zero-order chi connectivity index (χ0) is 29.2. The van der Waals surface area contributed by atoms with Crippen LogP contribution in [0.2, 0.25) is 18.1 Å². The first kappa shape index (κ1) is 36.1. The van der Waals surface area contributed by atoms with E-state index in [4.69, 9.17) is 9.53 Å². The molecule has 0 aliphatic carbocycles. The van der Waals surface area contributed by atoms with E-state index in [1.807, 2.05) is 0 Å². The van der Waals surface area contributed by atoms with Gasteiger partial charge in [-0.3, -0.25) is 0 Å². The lowest BCUT2D eigenvalue weighted by atomic mass is 10.0. The highest BCUT2D eigenvalue weighted by Crippen LogP contribution is 2.31. The van der Waals surface area contributed by atoms with Crippen LogP contribution in [0, 0.1) is 0 Å². The number of carboxylic acid groups (broad SMARTS) is 1. The van der Waals surface area contributed by atoms with E-state index in [-0.39, 0.29) is 0 Å². The van der Waals surface area contributed by atoms with Gasteiger partial charge in [-0.25, -0.2) is 9.59 Å². The van der Waals surface area contributed by atoms with Gasteiger partial charge in [-0.2, -0.15) is 0 Å². The molecule has 0 saturated heterocycles. The molecule has 1 rings (SSSR count). The molecule has 1 N–H and O–H groups in total. The second-order valence-corrected chi connectivity index (χ2v) is 15.8. The Morgan fingerprint density at radius 1 is 0.625 bits per heavy atom. The molecule has 0 heterocycles. The number of carboxylic acids is 1. The van der Waals surface area contributed by atoms with Gasteiger partial charge in [0.25, 0.3) is 8.32 Å². The second kappa shape index (κ2) is 24.9. The molecule has 1 aromatic rings. The van der Waals surface area contributed by atoms with E-state index in [9.17, 15) is 9.59 Å². The molecule has 0 fully saturated rings. The van der Waals surface area contributed by atoms with E-state index < -0.39 is 20.3 Å². The minimum absolute atomic E-state index is 0.440. The molecule has 0 radical (unpaired) electrons. The molecule has 0 atom stereocenters. The highest BCUT2D eigenvalue weighted by molar-refractivity contribution is 6.75. The van der Waals surface area contributed by atoms with E-state index in [0.29, 0.717) is 0 Å². The van der Waals surface area contributed by atoms with Crippen LogP contribution in [0.5, 0.6) is 0 Å². The van der Waals surface area contributed by atoms with E-state index in [0.717, 1.165) is 49.5 Å². The third-order valence-electron chi connectivity index (χ3n) is 8.09. The average molecular weight is 573 g/mol. The quantitative estimate of drug-likeness (QED) is 0.0647. The maximum atomic E-state index is 12.7. The number of benzene rings is 1. The Morgan fingerprint density at radius 2 is 1.05 bits per heavy atom. The molecule has 0 saturated carbocycles. The molecular weight excluding hydrogens is 512 g/mol. The summed E-state index contributed by atoms with van der Waals surface area (Å²) < 4.78 is 6.30. The van der Waals surface area contributed by atoms with Crippen molar-refractivity contribution in [2.75, 3.05) is 0 Å². The number of carbonyl (C=O) groups is 2. The molecule has 228 valence electrons. The SMILES string of the molecule is CCCCCCCC[Si](CCCCCCCC)(CCCCCCCCCc1ccccc1)OC(=O)/C=C\C(=O)O. The molecule has 0 aliphatic heterocycles. The van der Waals surface area contributed by atoms with Crippen molar-refractivity contribution >= 4 is 20.3 Å². The number of carbonyl (C=O) groups excluding carboxylic acids is 1. The third kappa shape index (κ3) is 20.1. The minimum Gasteiger partial charge on any atom is -0.516 e. The molecule has 5 heteroatoms. The Bertz CT molecular complexity index is 761. The fourth-order valence-electron chi connectivity index (χ4n) is 5.67. The second-order valence-electron chi connectivity index (χ2n) is 11.8. The van der Waals surface area contributed by atoms with Crippen molar-refractivity contribution in [1.82, 2.24) is 0 Å². The van der Waals surface area contributed by atoms with Crippen molar-refractivity contribution in [3.05, 3.63) is 48.0 Å².